The summed E-state index contributed by atoms with van der Waals surface area (Å²) < 4.78 is 0. The van der Waals surface area contributed by atoms with Gasteiger partial charge in [-0.2, -0.15) is 0 Å². The maximum Gasteiger partial charge on any atom is 0.323 e. The van der Waals surface area contributed by atoms with E-state index in [1.165, 1.54) is 0 Å². The molecule has 3 amide bonds. The first-order chi connectivity index (χ1) is 9.43. The first-order valence-electron chi connectivity index (χ1n) is 6.08. The largest absolute Gasteiger partial charge is 0.480 e. The van der Waals surface area contributed by atoms with E-state index >= 15 is 0 Å². The van der Waals surface area contributed by atoms with Crippen molar-refractivity contribution in [1.29, 1.82) is 0 Å². The number of urea groups is 1. The average Bonchev–Trinajstić information content (AvgIpc) is 2.37. The van der Waals surface area contributed by atoms with Crippen LogP contribution in [0.4, 0.5) is 10.5 Å². The number of benzene rings is 1. The van der Waals surface area contributed by atoms with Gasteiger partial charge in [-0.1, -0.05) is 25.1 Å². The lowest BCUT2D eigenvalue weighted by molar-refractivity contribution is -0.137. The second kappa shape index (κ2) is 7.13. The van der Waals surface area contributed by atoms with Crippen molar-refractivity contribution in [1.82, 2.24) is 4.90 Å². The molecule has 0 aliphatic carbocycles. The summed E-state index contributed by atoms with van der Waals surface area (Å²) in [4.78, 5) is 34.4. The number of nitrogens with two attached hydrogens (primary N) is 1. The quantitative estimate of drug-likeness (QED) is 0.709. The number of amides is 3. The monoisotopic (exact) mass is 279 g/mol. The molecule has 1 aromatic carbocycles. The number of carbonyl (C=O) groups excluding carboxylic acids is 2. The molecule has 0 saturated carbocycles. The number of carbonyl (C=O) groups is 3. The van der Waals surface area contributed by atoms with E-state index < -0.39 is 31.0 Å². The number of nitrogens with zero attached hydrogens (tertiary/aromatic N) is 1. The zero-order chi connectivity index (χ0) is 15.1. The van der Waals surface area contributed by atoms with Crippen LogP contribution in [0.2, 0.25) is 0 Å². The van der Waals surface area contributed by atoms with Crippen molar-refractivity contribution >= 4 is 23.6 Å². The number of carboxylic acids is 1. The molecule has 7 nitrogen and oxygen atoms in total. The van der Waals surface area contributed by atoms with Crippen LogP contribution in [-0.4, -0.2) is 41.0 Å². The summed E-state index contributed by atoms with van der Waals surface area (Å²) in [6.45, 7) is 0.888. The van der Waals surface area contributed by atoms with Gasteiger partial charge in [-0.15, -0.1) is 0 Å². The predicted molar refractivity (Wildman–Crippen MR) is 73.2 cm³/mol. The summed E-state index contributed by atoms with van der Waals surface area (Å²) in [7, 11) is 0. The van der Waals surface area contributed by atoms with Gasteiger partial charge in [0, 0.05) is 5.69 Å². The van der Waals surface area contributed by atoms with Crippen LogP contribution in [0.25, 0.3) is 0 Å². The number of rotatable bonds is 6. The number of aliphatic carboxylic acids is 1. The first-order valence-corrected chi connectivity index (χ1v) is 6.08. The van der Waals surface area contributed by atoms with Crippen molar-refractivity contribution in [2.45, 2.75) is 13.3 Å². The summed E-state index contributed by atoms with van der Waals surface area (Å²) in [5, 5.41) is 11.3. The second-order valence-corrected chi connectivity index (χ2v) is 4.16. The fourth-order valence-corrected chi connectivity index (χ4v) is 1.70. The highest BCUT2D eigenvalue weighted by Crippen LogP contribution is 2.15. The van der Waals surface area contributed by atoms with Crippen LogP contribution in [0, 0.1) is 0 Å². The Labute approximate surface area is 116 Å². The Balaban J connectivity index is 2.84. The molecule has 0 heterocycles. The topological polar surface area (TPSA) is 113 Å². The van der Waals surface area contributed by atoms with Crippen molar-refractivity contribution in [3.05, 3.63) is 29.8 Å². The van der Waals surface area contributed by atoms with Crippen LogP contribution in [0.1, 0.15) is 12.5 Å². The van der Waals surface area contributed by atoms with Gasteiger partial charge < -0.3 is 21.1 Å². The van der Waals surface area contributed by atoms with Crippen molar-refractivity contribution in [2.24, 2.45) is 5.73 Å². The van der Waals surface area contributed by atoms with Gasteiger partial charge in [0.05, 0.1) is 0 Å². The van der Waals surface area contributed by atoms with Crippen molar-refractivity contribution in [3.8, 4) is 0 Å². The van der Waals surface area contributed by atoms with Gasteiger partial charge in [0.25, 0.3) is 0 Å². The number of primary amides is 1. The summed E-state index contributed by atoms with van der Waals surface area (Å²) in [6.07, 6.45) is 0.713. The number of anilines is 1. The Morgan fingerprint density at radius 2 is 1.90 bits per heavy atom. The van der Waals surface area contributed by atoms with E-state index in [1.807, 2.05) is 19.1 Å². The summed E-state index contributed by atoms with van der Waals surface area (Å²) in [6, 6.07) is 6.48. The molecule has 0 atom stereocenters. The van der Waals surface area contributed by atoms with Crippen LogP contribution in [0.15, 0.2) is 24.3 Å². The normalized spacial score (nSPS) is 9.85. The lowest BCUT2D eigenvalue weighted by Crippen LogP contribution is -2.43. The maximum absolute atomic E-state index is 12.0. The minimum Gasteiger partial charge on any atom is -0.480 e. The molecule has 7 heteroatoms. The molecule has 0 radical (unpaired) electrons. The van der Waals surface area contributed by atoms with E-state index in [0.717, 1.165) is 10.5 Å². The molecule has 0 unspecified atom stereocenters. The predicted octanol–water partition coefficient (Wildman–Crippen LogP) is 0.653. The molecule has 0 aromatic heterocycles. The van der Waals surface area contributed by atoms with Gasteiger partial charge in [-0.05, 0) is 18.1 Å². The van der Waals surface area contributed by atoms with Gasteiger partial charge in [-0.3, -0.25) is 9.59 Å². The SMILES string of the molecule is CCc1ccccc1NC(=O)N(CC(N)=O)CC(=O)O. The summed E-state index contributed by atoms with van der Waals surface area (Å²) in [5.41, 5.74) is 6.50. The van der Waals surface area contributed by atoms with Gasteiger partial charge in [0.2, 0.25) is 5.91 Å². The number of nitrogens with one attached hydrogen (secondary N) is 1. The highest BCUT2D eigenvalue weighted by molar-refractivity contribution is 5.94. The molecular formula is C13H17N3O4. The molecule has 4 N–H and O–H groups in total. The molecule has 20 heavy (non-hydrogen) atoms. The van der Waals surface area contributed by atoms with E-state index in [4.69, 9.17) is 10.8 Å². The molecule has 0 saturated heterocycles. The Morgan fingerprint density at radius 3 is 2.45 bits per heavy atom. The van der Waals surface area contributed by atoms with E-state index in [1.54, 1.807) is 12.1 Å². The number of para-hydroxylation sites is 1. The van der Waals surface area contributed by atoms with Gasteiger partial charge in [-0.25, -0.2) is 4.79 Å². The fraction of sp³-hybridized carbons (Fsp3) is 0.308. The summed E-state index contributed by atoms with van der Waals surface area (Å²) in [5.74, 6) is -1.99. The third-order valence-corrected chi connectivity index (χ3v) is 2.60. The average molecular weight is 279 g/mol. The van der Waals surface area contributed by atoms with Gasteiger partial charge in [0.15, 0.2) is 0 Å². The molecular weight excluding hydrogens is 262 g/mol. The third-order valence-electron chi connectivity index (χ3n) is 2.60. The van der Waals surface area contributed by atoms with Crippen molar-refractivity contribution in [2.75, 3.05) is 18.4 Å². The smallest absolute Gasteiger partial charge is 0.323 e. The Bertz CT molecular complexity index is 500. The Kier molecular flexibility index (Phi) is 5.52. The van der Waals surface area contributed by atoms with Crippen LogP contribution in [0.3, 0.4) is 0 Å². The van der Waals surface area contributed by atoms with Gasteiger partial charge in [0.1, 0.15) is 13.1 Å². The molecule has 1 aromatic rings. The second-order valence-electron chi connectivity index (χ2n) is 4.16. The zero-order valence-electron chi connectivity index (χ0n) is 11.1. The van der Waals surface area contributed by atoms with Crippen LogP contribution in [-0.2, 0) is 16.0 Å². The molecule has 0 aliphatic rings. The number of hydrogen-bond acceptors (Lipinski definition) is 3. The highest BCUT2D eigenvalue weighted by Gasteiger charge is 2.19. The van der Waals surface area contributed by atoms with E-state index in [0.29, 0.717) is 12.1 Å². The maximum atomic E-state index is 12.0. The first kappa shape index (κ1) is 15.5. The van der Waals surface area contributed by atoms with E-state index in [9.17, 15) is 14.4 Å². The van der Waals surface area contributed by atoms with E-state index in [2.05, 4.69) is 5.32 Å². The number of hydrogen-bond donors (Lipinski definition) is 3. The number of aryl methyl sites for hydroxylation is 1. The summed E-state index contributed by atoms with van der Waals surface area (Å²) >= 11 is 0. The van der Waals surface area contributed by atoms with Crippen molar-refractivity contribution < 1.29 is 19.5 Å². The van der Waals surface area contributed by atoms with Gasteiger partial charge >= 0.3 is 12.0 Å². The molecule has 0 aliphatic heterocycles. The standard InChI is InChI=1S/C13H17N3O4/c1-2-9-5-3-4-6-10(9)15-13(20)16(7-11(14)17)8-12(18)19/h3-6H,2,7-8H2,1H3,(H2,14,17)(H,15,20)(H,18,19). The molecule has 1 rings (SSSR count). The molecule has 0 fully saturated rings. The lowest BCUT2D eigenvalue weighted by atomic mass is 10.1. The minimum atomic E-state index is -1.22. The lowest BCUT2D eigenvalue weighted by Gasteiger charge is -2.20. The van der Waals surface area contributed by atoms with Crippen LogP contribution < -0.4 is 11.1 Å². The van der Waals surface area contributed by atoms with Crippen LogP contribution in [0.5, 0.6) is 0 Å². The Hall–Kier alpha value is -2.57. The Morgan fingerprint density at radius 1 is 1.25 bits per heavy atom. The van der Waals surface area contributed by atoms with Crippen molar-refractivity contribution in [3.63, 3.8) is 0 Å². The minimum absolute atomic E-state index is 0.452. The zero-order valence-corrected chi connectivity index (χ0v) is 11.1. The number of carboxylic acid groups (broad SMARTS) is 1. The molecule has 0 spiro atoms. The third kappa shape index (κ3) is 4.60. The van der Waals surface area contributed by atoms with Crippen LogP contribution >= 0.6 is 0 Å². The molecule has 108 valence electrons. The van der Waals surface area contributed by atoms with E-state index in [-0.39, 0.29) is 0 Å². The molecule has 0 bridgehead atoms. The fourth-order valence-electron chi connectivity index (χ4n) is 1.70. The highest BCUT2D eigenvalue weighted by atomic mass is 16.4.